The lowest BCUT2D eigenvalue weighted by Gasteiger charge is -2.33. The SMILES string of the molecule is FC(F)(F)COc1ccc(C2=CC3CCCC(C2)S3)cn1. The lowest BCUT2D eigenvalue weighted by atomic mass is 9.94. The molecule has 0 N–H and O–H groups in total. The molecule has 1 aromatic heterocycles. The van der Waals surface area contributed by atoms with Gasteiger partial charge in [-0.05, 0) is 36.5 Å². The van der Waals surface area contributed by atoms with Crippen LogP contribution < -0.4 is 4.74 Å². The highest BCUT2D eigenvalue weighted by molar-refractivity contribution is 8.00. The van der Waals surface area contributed by atoms with E-state index < -0.39 is 12.8 Å². The Kier molecular flexibility index (Phi) is 4.15. The molecule has 6 heteroatoms. The Morgan fingerprint density at radius 1 is 1.29 bits per heavy atom. The highest BCUT2D eigenvalue weighted by Crippen LogP contribution is 2.43. The Balaban J connectivity index is 1.68. The summed E-state index contributed by atoms with van der Waals surface area (Å²) in [6, 6.07) is 3.32. The molecule has 3 rings (SSSR count). The van der Waals surface area contributed by atoms with Crippen molar-refractivity contribution in [2.45, 2.75) is 42.4 Å². The molecule has 0 saturated carbocycles. The van der Waals surface area contributed by atoms with Crippen LogP contribution in [-0.4, -0.2) is 28.3 Å². The standard InChI is InChI=1S/C15H16F3NOS/c16-15(17,18)9-20-14-5-4-10(8-19-14)11-6-12-2-1-3-13(7-11)21-12/h4-6,8,12-13H,1-3,7,9H2. The van der Waals surface area contributed by atoms with Gasteiger partial charge in [0.05, 0.1) is 0 Å². The minimum atomic E-state index is -4.33. The fourth-order valence-corrected chi connectivity index (χ4v) is 4.38. The van der Waals surface area contributed by atoms with Gasteiger partial charge in [0.1, 0.15) is 0 Å². The number of aromatic nitrogens is 1. The van der Waals surface area contributed by atoms with Crippen molar-refractivity contribution in [1.29, 1.82) is 0 Å². The van der Waals surface area contributed by atoms with Crippen molar-refractivity contribution in [3.05, 3.63) is 30.0 Å². The lowest BCUT2D eigenvalue weighted by Crippen LogP contribution is -2.21. The molecular formula is C15H16F3NOS. The number of nitrogens with zero attached hydrogens (tertiary/aromatic N) is 1. The van der Waals surface area contributed by atoms with Crippen molar-refractivity contribution < 1.29 is 17.9 Å². The minimum absolute atomic E-state index is 0.0158. The molecule has 1 saturated heterocycles. The first kappa shape index (κ1) is 14.8. The van der Waals surface area contributed by atoms with Crippen LogP contribution in [0.4, 0.5) is 13.2 Å². The van der Waals surface area contributed by atoms with Crippen LogP contribution in [0.25, 0.3) is 5.57 Å². The maximum Gasteiger partial charge on any atom is 0.422 e. The summed E-state index contributed by atoms with van der Waals surface area (Å²) in [6.07, 6.45) is 4.33. The average Bonchev–Trinajstić information content (AvgIpc) is 2.44. The number of alkyl halides is 3. The Bertz CT molecular complexity index is 527. The lowest BCUT2D eigenvalue weighted by molar-refractivity contribution is -0.154. The molecule has 2 aliphatic heterocycles. The normalized spacial score (nSPS) is 25.4. The third-order valence-electron chi connectivity index (χ3n) is 3.71. The molecule has 0 amide bonds. The Morgan fingerprint density at radius 3 is 2.81 bits per heavy atom. The molecule has 0 aromatic carbocycles. The fraction of sp³-hybridized carbons (Fsp3) is 0.533. The van der Waals surface area contributed by atoms with Crippen molar-refractivity contribution >= 4 is 17.3 Å². The molecule has 114 valence electrons. The van der Waals surface area contributed by atoms with Crippen molar-refractivity contribution in [2.75, 3.05) is 6.61 Å². The van der Waals surface area contributed by atoms with E-state index in [0.717, 1.165) is 12.0 Å². The zero-order valence-corrected chi connectivity index (χ0v) is 12.2. The first-order valence-corrected chi connectivity index (χ1v) is 7.96. The predicted molar refractivity (Wildman–Crippen MR) is 77.4 cm³/mol. The molecule has 0 aliphatic carbocycles. The summed E-state index contributed by atoms with van der Waals surface area (Å²) < 4.78 is 40.9. The van der Waals surface area contributed by atoms with Gasteiger partial charge in [-0.3, -0.25) is 0 Å². The van der Waals surface area contributed by atoms with Crippen LogP contribution in [0.3, 0.4) is 0 Å². The van der Waals surface area contributed by atoms with Crippen LogP contribution in [0, 0.1) is 0 Å². The van der Waals surface area contributed by atoms with Gasteiger partial charge in [-0.15, -0.1) is 0 Å². The molecule has 2 bridgehead atoms. The monoisotopic (exact) mass is 315 g/mol. The predicted octanol–water partition coefficient (Wildman–Crippen LogP) is 4.46. The number of ether oxygens (including phenoxy) is 1. The minimum Gasteiger partial charge on any atom is -0.468 e. The molecule has 21 heavy (non-hydrogen) atoms. The van der Waals surface area contributed by atoms with Crippen molar-refractivity contribution in [2.24, 2.45) is 0 Å². The van der Waals surface area contributed by atoms with E-state index in [9.17, 15) is 13.2 Å². The van der Waals surface area contributed by atoms with Gasteiger partial charge < -0.3 is 4.74 Å². The second-order valence-corrected chi connectivity index (χ2v) is 6.96. The first-order valence-electron chi connectivity index (χ1n) is 7.02. The molecule has 3 heterocycles. The van der Waals surface area contributed by atoms with Gasteiger partial charge in [-0.1, -0.05) is 12.5 Å². The van der Waals surface area contributed by atoms with Crippen LogP contribution >= 0.6 is 11.8 Å². The Morgan fingerprint density at radius 2 is 2.14 bits per heavy atom. The molecule has 2 nitrogen and oxygen atoms in total. The summed E-state index contributed by atoms with van der Waals surface area (Å²) in [4.78, 5) is 3.98. The molecule has 0 spiro atoms. The molecule has 1 fully saturated rings. The van der Waals surface area contributed by atoms with E-state index >= 15 is 0 Å². The quantitative estimate of drug-likeness (QED) is 0.822. The van der Waals surface area contributed by atoms with Gasteiger partial charge in [-0.25, -0.2) is 4.98 Å². The van der Waals surface area contributed by atoms with Crippen molar-refractivity contribution in [3.63, 3.8) is 0 Å². The van der Waals surface area contributed by atoms with Crippen LogP contribution in [0.5, 0.6) is 5.88 Å². The van der Waals surface area contributed by atoms with E-state index in [2.05, 4.69) is 15.8 Å². The van der Waals surface area contributed by atoms with E-state index in [1.807, 2.05) is 11.8 Å². The van der Waals surface area contributed by atoms with E-state index in [1.54, 1.807) is 12.3 Å². The summed E-state index contributed by atoms with van der Waals surface area (Å²) in [6.45, 7) is -1.30. The largest absolute Gasteiger partial charge is 0.468 e. The van der Waals surface area contributed by atoms with Gasteiger partial charge in [-0.2, -0.15) is 24.9 Å². The van der Waals surface area contributed by atoms with Crippen LogP contribution in [-0.2, 0) is 0 Å². The highest BCUT2D eigenvalue weighted by Gasteiger charge is 2.29. The number of hydrogen-bond acceptors (Lipinski definition) is 3. The number of hydrogen-bond donors (Lipinski definition) is 0. The summed E-state index contributed by atoms with van der Waals surface area (Å²) in [5.41, 5.74) is 2.25. The smallest absolute Gasteiger partial charge is 0.422 e. The average molecular weight is 315 g/mol. The summed E-state index contributed by atoms with van der Waals surface area (Å²) in [7, 11) is 0. The second-order valence-electron chi connectivity index (χ2n) is 5.41. The number of allylic oxidation sites excluding steroid dienone is 1. The molecule has 2 unspecified atom stereocenters. The van der Waals surface area contributed by atoms with Crippen LogP contribution in [0.1, 0.15) is 31.2 Å². The van der Waals surface area contributed by atoms with E-state index in [-0.39, 0.29) is 5.88 Å². The maximum absolute atomic E-state index is 12.1. The zero-order valence-electron chi connectivity index (χ0n) is 11.4. The fourth-order valence-electron chi connectivity index (χ4n) is 2.77. The molecule has 0 radical (unpaired) electrons. The molecule has 2 aliphatic rings. The third kappa shape index (κ3) is 3.93. The van der Waals surface area contributed by atoms with Gasteiger partial charge in [0.25, 0.3) is 0 Å². The topological polar surface area (TPSA) is 22.1 Å². The van der Waals surface area contributed by atoms with Gasteiger partial charge in [0.15, 0.2) is 6.61 Å². The third-order valence-corrected chi connectivity index (χ3v) is 5.22. The van der Waals surface area contributed by atoms with Crippen LogP contribution in [0.15, 0.2) is 24.4 Å². The van der Waals surface area contributed by atoms with E-state index in [4.69, 9.17) is 0 Å². The van der Waals surface area contributed by atoms with Gasteiger partial charge in [0.2, 0.25) is 5.88 Å². The number of halogens is 3. The van der Waals surface area contributed by atoms with Crippen LogP contribution in [0.2, 0.25) is 0 Å². The van der Waals surface area contributed by atoms with Crippen molar-refractivity contribution in [3.8, 4) is 5.88 Å². The molecule has 1 aromatic rings. The Labute approximate surface area is 125 Å². The highest BCUT2D eigenvalue weighted by atomic mass is 32.2. The maximum atomic E-state index is 12.1. The molecule has 2 atom stereocenters. The summed E-state index contributed by atoms with van der Waals surface area (Å²) in [5, 5.41) is 1.25. The number of fused-ring (bicyclic) bond motifs is 2. The summed E-state index contributed by atoms with van der Waals surface area (Å²) >= 11 is 2.04. The number of pyridine rings is 1. The molecular weight excluding hydrogens is 299 g/mol. The van der Waals surface area contributed by atoms with Gasteiger partial charge in [0, 0.05) is 22.8 Å². The second kappa shape index (κ2) is 5.91. The Hall–Kier alpha value is -1.17. The summed E-state index contributed by atoms with van der Waals surface area (Å²) in [5.74, 6) is 0.0158. The number of rotatable bonds is 3. The first-order chi connectivity index (χ1) is 9.99. The van der Waals surface area contributed by atoms with E-state index in [1.165, 1.54) is 30.9 Å². The van der Waals surface area contributed by atoms with Gasteiger partial charge >= 0.3 is 6.18 Å². The van der Waals surface area contributed by atoms with Crippen molar-refractivity contribution in [1.82, 2.24) is 4.98 Å². The van der Waals surface area contributed by atoms with E-state index in [0.29, 0.717) is 10.5 Å². The number of thioether (sulfide) groups is 1. The zero-order chi connectivity index (χ0) is 14.9.